The Balaban J connectivity index is 2.26. The van der Waals surface area contributed by atoms with Crippen LogP contribution in [0.5, 0.6) is 0 Å². The number of rotatable bonds is 3. The molecular formula is C18H22. The van der Waals surface area contributed by atoms with E-state index >= 15 is 0 Å². The van der Waals surface area contributed by atoms with Crippen molar-refractivity contribution in [3.8, 4) is 0 Å². The summed E-state index contributed by atoms with van der Waals surface area (Å²) in [5, 5.41) is 0. The Morgan fingerprint density at radius 3 is 1.39 bits per heavy atom. The lowest BCUT2D eigenvalue weighted by Crippen LogP contribution is -2.05. The Kier molecular flexibility index (Phi) is 3.86. The summed E-state index contributed by atoms with van der Waals surface area (Å²) < 4.78 is 0. The molecule has 0 N–H and O–H groups in total. The summed E-state index contributed by atoms with van der Waals surface area (Å²) in [6.45, 7) is 8.96. The molecule has 2 aromatic rings. The minimum atomic E-state index is 0.548. The van der Waals surface area contributed by atoms with Crippen LogP contribution in [0, 0.1) is 13.8 Å². The second-order valence-corrected chi connectivity index (χ2v) is 5.41. The molecule has 0 spiro atoms. The second kappa shape index (κ2) is 5.39. The van der Waals surface area contributed by atoms with Gasteiger partial charge < -0.3 is 0 Å². The van der Waals surface area contributed by atoms with Crippen LogP contribution in [-0.4, -0.2) is 0 Å². The largest absolute Gasteiger partial charge is 0.0617 e. The second-order valence-electron chi connectivity index (χ2n) is 5.41. The number of aryl methyl sites for hydroxylation is 2. The normalized spacial score (nSPS) is 14.2. The van der Waals surface area contributed by atoms with E-state index in [1.165, 1.54) is 22.3 Å². The molecule has 0 saturated heterocycles. The van der Waals surface area contributed by atoms with E-state index in [2.05, 4.69) is 76.2 Å². The van der Waals surface area contributed by atoms with Gasteiger partial charge in [0.15, 0.2) is 0 Å². The average molecular weight is 238 g/mol. The van der Waals surface area contributed by atoms with Crippen LogP contribution in [0.3, 0.4) is 0 Å². The van der Waals surface area contributed by atoms with Crippen molar-refractivity contribution in [2.45, 2.75) is 39.5 Å². The first-order chi connectivity index (χ1) is 8.58. The van der Waals surface area contributed by atoms with Crippen molar-refractivity contribution in [3.63, 3.8) is 0 Å². The Bertz CT molecular complexity index is 476. The molecule has 0 fully saturated rings. The van der Waals surface area contributed by atoms with Gasteiger partial charge in [-0.05, 0) is 36.8 Å². The molecular weight excluding hydrogens is 216 g/mol. The Hall–Kier alpha value is -1.56. The van der Waals surface area contributed by atoms with Crippen LogP contribution in [0.4, 0.5) is 0 Å². The van der Waals surface area contributed by atoms with Crippen molar-refractivity contribution in [2.75, 3.05) is 0 Å². The first-order valence-electron chi connectivity index (χ1n) is 6.71. The lowest BCUT2D eigenvalue weighted by atomic mass is 9.83. The molecule has 0 heterocycles. The zero-order valence-corrected chi connectivity index (χ0v) is 11.8. The van der Waals surface area contributed by atoms with Gasteiger partial charge in [0.25, 0.3) is 0 Å². The lowest BCUT2D eigenvalue weighted by molar-refractivity contribution is 0.623. The minimum absolute atomic E-state index is 0.548. The van der Waals surface area contributed by atoms with Gasteiger partial charge in [-0.15, -0.1) is 0 Å². The van der Waals surface area contributed by atoms with Crippen LogP contribution in [0.15, 0.2) is 48.5 Å². The lowest BCUT2D eigenvalue weighted by Gasteiger charge is -2.21. The molecule has 0 bridgehead atoms. The molecule has 0 aliphatic heterocycles. The van der Waals surface area contributed by atoms with Gasteiger partial charge in [-0.2, -0.15) is 0 Å². The summed E-state index contributed by atoms with van der Waals surface area (Å²) >= 11 is 0. The quantitative estimate of drug-likeness (QED) is 0.688. The fourth-order valence-electron chi connectivity index (χ4n) is 2.48. The molecule has 0 aliphatic carbocycles. The van der Waals surface area contributed by atoms with Crippen molar-refractivity contribution in [1.82, 2.24) is 0 Å². The van der Waals surface area contributed by atoms with E-state index < -0.39 is 0 Å². The zero-order valence-electron chi connectivity index (χ0n) is 11.8. The molecule has 2 unspecified atom stereocenters. The maximum atomic E-state index is 2.32. The minimum Gasteiger partial charge on any atom is -0.0617 e. The fraction of sp³-hybridized carbons (Fsp3) is 0.333. The smallest absolute Gasteiger partial charge is 0.0124 e. The van der Waals surface area contributed by atoms with Gasteiger partial charge in [-0.3, -0.25) is 0 Å². The number of hydrogen-bond acceptors (Lipinski definition) is 0. The summed E-state index contributed by atoms with van der Waals surface area (Å²) in [6.07, 6.45) is 0. The summed E-state index contributed by atoms with van der Waals surface area (Å²) in [7, 11) is 0. The number of benzene rings is 2. The summed E-state index contributed by atoms with van der Waals surface area (Å²) in [5.74, 6) is 1.10. The molecule has 2 rings (SSSR count). The van der Waals surface area contributed by atoms with Crippen molar-refractivity contribution >= 4 is 0 Å². The van der Waals surface area contributed by atoms with Crippen molar-refractivity contribution < 1.29 is 0 Å². The molecule has 2 aromatic carbocycles. The maximum Gasteiger partial charge on any atom is -0.0124 e. The highest BCUT2D eigenvalue weighted by Crippen LogP contribution is 2.32. The fourth-order valence-corrected chi connectivity index (χ4v) is 2.48. The average Bonchev–Trinajstić information content (AvgIpc) is 2.37. The van der Waals surface area contributed by atoms with E-state index in [-0.39, 0.29) is 0 Å². The van der Waals surface area contributed by atoms with Gasteiger partial charge in [0, 0.05) is 0 Å². The Morgan fingerprint density at radius 2 is 1.06 bits per heavy atom. The van der Waals surface area contributed by atoms with E-state index in [4.69, 9.17) is 0 Å². The standard InChI is InChI=1S/C18H22/c1-13-7-5-9-17(11-13)15(3)16(4)18-10-6-8-14(2)12-18/h5-12,15-16H,1-4H3. The molecule has 0 amide bonds. The van der Waals surface area contributed by atoms with E-state index in [1.807, 2.05) is 0 Å². The molecule has 0 radical (unpaired) electrons. The van der Waals surface area contributed by atoms with Gasteiger partial charge in [0.2, 0.25) is 0 Å². The molecule has 0 heteroatoms. The summed E-state index contributed by atoms with van der Waals surface area (Å²) in [5.41, 5.74) is 5.56. The highest BCUT2D eigenvalue weighted by atomic mass is 14.2. The zero-order chi connectivity index (χ0) is 13.1. The molecule has 18 heavy (non-hydrogen) atoms. The highest BCUT2D eigenvalue weighted by molar-refractivity contribution is 5.31. The van der Waals surface area contributed by atoms with Crippen molar-refractivity contribution in [1.29, 1.82) is 0 Å². The van der Waals surface area contributed by atoms with Gasteiger partial charge in [0.1, 0.15) is 0 Å². The van der Waals surface area contributed by atoms with Gasteiger partial charge in [0.05, 0.1) is 0 Å². The van der Waals surface area contributed by atoms with Crippen LogP contribution in [0.25, 0.3) is 0 Å². The Labute approximate surface area is 111 Å². The molecule has 2 atom stereocenters. The Morgan fingerprint density at radius 1 is 0.667 bits per heavy atom. The van der Waals surface area contributed by atoms with Gasteiger partial charge in [-0.25, -0.2) is 0 Å². The predicted molar refractivity (Wildman–Crippen MR) is 79.2 cm³/mol. The first-order valence-corrected chi connectivity index (χ1v) is 6.71. The van der Waals surface area contributed by atoms with E-state index in [0.717, 1.165) is 0 Å². The summed E-state index contributed by atoms with van der Waals surface area (Å²) in [4.78, 5) is 0. The topological polar surface area (TPSA) is 0 Å². The van der Waals surface area contributed by atoms with Crippen molar-refractivity contribution in [2.24, 2.45) is 0 Å². The highest BCUT2D eigenvalue weighted by Gasteiger charge is 2.16. The van der Waals surface area contributed by atoms with Crippen LogP contribution >= 0.6 is 0 Å². The third-order valence-electron chi connectivity index (χ3n) is 3.89. The monoisotopic (exact) mass is 238 g/mol. The van der Waals surface area contributed by atoms with Gasteiger partial charge in [-0.1, -0.05) is 73.5 Å². The van der Waals surface area contributed by atoms with Crippen LogP contribution in [-0.2, 0) is 0 Å². The summed E-state index contributed by atoms with van der Waals surface area (Å²) in [6, 6.07) is 17.7. The van der Waals surface area contributed by atoms with Crippen molar-refractivity contribution in [3.05, 3.63) is 70.8 Å². The third kappa shape index (κ3) is 2.81. The van der Waals surface area contributed by atoms with Gasteiger partial charge >= 0.3 is 0 Å². The first kappa shape index (κ1) is 12.9. The van der Waals surface area contributed by atoms with Crippen LogP contribution < -0.4 is 0 Å². The van der Waals surface area contributed by atoms with E-state index in [9.17, 15) is 0 Å². The van der Waals surface area contributed by atoms with Crippen LogP contribution in [0.2, 0.25) is 0 Å². The molecule has 94 valence electrons. The van der Waals surface area contributed by atoms with E-state index in [0.29, 0.717) is 11.8 Å². The van der Waals surface area contributed by atoms with Crippen LogP contribution in [0.1, 0.15) is 47.9 Å². The molecule has 0 aliphatic rings. The maximum absolute atomic E-state index is 2.32. The van der Waals surface area contributed by atoms with E-state index in [1.54, 1.807) is 0 Å². The molecule has 0 saturated carbocycles. The predicted octanol–water partition coefficient (Wildman–Crippen LogP) is 5.21. The number of hydrogen-bond donors (Lipinski definition) is 0. The third-order valence-corrected chi connectivity index (χ3v) is 3.89. The molecule has 0 nitrogen and oxygen atoms in total. The molecule has 0 aromatic heterocycles. The SMILES string of the molecule is Cc1cccc(C(C)C(C)c2cccc(C)c2)c1.